The Balaban J connectivity index is 1.94. The third-order valence-corrected chi connectivity index (χ3v) is 5.88. The maximum Gasteiger partial charge on any atom is 0.246 e. The summed E-state index contributed by atoms with van der Waals surface area (Å²) < 4.78 is 25.7. The second-order valence-corrected chi connectivity index (χ2v) is 8.44. The number of amides is 2. The van der Waals surface area contributed by atoms with Gasteiger partial charge in [0, 0.05) is 31.6 Å². The fourth-order valence-corrected chi connectivity index (χ4v) is 3.70. The van der Waals surface area contributed by atoms with Crippen LogP contribution in [0.15, 0.2) is 35.2 Å². The highest BCUT2D eigenvalue weighted by Gasteiger charge is 2.23. The molecule has 7 nitrogen and oxygen atoms in total. The molecule has 0 bridgehead atoms. The lowest BCUT2D eigenvalue weighted by atomic mass is 10.1. The molecule has 1 aliphatic rings. The number of hydrogen-bond donors (Lipinski definition) is 2. The molecule has 1 aromatic rings. The lowest BCUT2D eigenvalue weighted by molar-refractivity contribution is -0.129. The maximum atomic E-state index is 12.4. The van der Waals surface area contributed by atoms with Gasteiger partial charge < -0.3 is 10.2 Å². The summed E-state index contributed by atoms with van der Waals surface area (Å²) in [5, 5.41) is 2.98. The predicted molar refractivity (Wildman–Crippen MR) is 104 cm³/mol. The van der Waals surface area contributed by atoms with E-state index >= 15 is 0 Å². The van der Waals surface area contributed by atoms with Gasteiger partial charge in [0.1, 0.15) is 0 Å². The standard InChI is InChI=1S/C19H27N3O4S/c1-3-5-18(23)21-16-6-4-13-22(14-16)19(24)12-9-15-7-10-17(11-8-15)27(25,26)20-2/h7-12,16,20H,3-6,13-14H2,1-2H3,(H,21,23)/b12-9+. The maximum absolute atomic E-state index is 12.4. The molecule has 27 heavy (non-hydrogen) atoms. The van der Waals surface area contributed by atoms with Crippen LogP contribution in [0.2, 0.25) is 0 Å². The van der Waals surface area contributed by atoms with Gasteiger partial charge in [-0.15, -0.1) is 0 Å². The minimum Gasteiger partial charge on any atom is -0.352 e. The van der Waals surface area contributed by atoms with Crippen molar-refractivity contribution in [3.63, 3.8) is 0 Å². The van der Waals surface area contributed by atoms with Gasteiger partial charge in [-0.05, 0) is 50.1 Å². The molecule has 2 rings (SSSR count). The number of sulfonamides is 1. The first-order valence-corrected chi connectivity index (χ1v) is 10.6. The molecule has 1 saturated heterocycles. The van der Waals surface area contributed by atoms with E-state index in [1.54, 1.807) is 23.1 Å². The zero-order valence-corrected chi connectivity index (χ0v) is 16.6. The first kappa shape index (κ1) is 21.1. The summed E-state index contributed by atoms with van der Waals surface area (Å²) in [6, 6.07) is 6.30. The Morgan fingerprint density at radius 1 is 1.26 bits per heavy atom. The minimum absolute atomic E-state index is 0.00110. The van der Waals surface area contributed by atoms with Gasteiger partial charge in [-0.2, -0.15) is 0 Å². The van der Waals surface area contributed by atoms with Gasteiger partial charge in [-0.3, -0.25) is 9.59 Å². The second-order valence-electron chi connectivity index (χ2n) is 6.55. The number of benzene rings is 1. The monoisotopic (exact) mass is 393 g/mol. The lowest BCUT2D eigenvalue weighted by Crippen LogP contribution is -2.49. The number of rotatable bonds is 7. The average molecular weight is 394 g/mol. The number of hydrogen-bond acceptors (Lipinski definition) is 4. The number of carbonyl (C=O) groups is 2. The van der Waals surface area contributed by atoms with Crippen LogP contribution in [0.4, 0.5) is 0 Å². The van der Waals surface area contributed by atoms with Crippen LogP contribution in [-0.2, 0) is 19.6 Å². The Hall–Kier alpha value is -2.19. The van der Waals surface area contributed by atoms with Crippen molar-refractivity contribution in [2.45, 2.75) is 43.5 Å². The van der Waals surface area contributed by atoms with Crippen LogP contribution in [0.5, 0.6) is 0 Å². The molecule has 0 spiro atoms. The fraction of sp³-hybridized carbons (Fsp3) is 0.474. The Morgan fingerprint density at radius 3 is 2.59 bits per heavy atom. The normalized spacial score (nSPS) is 17.9. The highest BCUT2D eigenvalue weighted by molar-refractivity contribution is 7.89. The first-order chi connectivity index (χ1) is 12.9. The number of nitrogens with zero attached hydrogens (tertiary/aromatic N) is 1. The van der Waals surface area contributed by atoms with Gasteiger partial charge in [-0.25, -0.2) is 13.1 Å². The van der Waals surface area contributed by atoms with Gasteiger partial charge in [-0.1, -0.05) is 19.1 Å². The fourth-order valence-electron chi connectivity index (χ4n) is 2.97. The Morgan fingerprint density at radius 2 is 1.96 bits per heavy atom. The summed E-state index contributed by atoms with van der Waals surface area (Å²) in [7, 11) is -2.11. The van der Waals surface area contributed by atoms with E-state index in [1.807, 2.05) is 6.92 Å². The van der Waals surface area contributed by atoms with Crippen LogP contribution >= 0.6 is 0 Å². The van der Waals surface area contributed by atoms with Crippen molar-refractivity contribution < 1.29 is 18.0 Å². The highest BCUT2D eigenvalue weighted by atomic mass is 32.2. The smallest absolute Gasteiger partial charge is 0.246 e. The molecule has 0 aliphatic carbocycles. The molecule has 0 radical (unpaired) electrons. The molecule has 2 N–H and O–H groups in total. The van der Waals surface area contributed by atoms with E-state index in [4.69, 9.17) is 0 Å². The summed E-state index contributed by atoms with van der Waals surface area (Å²) in [6.45, 7) is 3.14. The quantitative estimate of drug-likeness (QED) is 0.687. The molecule has 1 atom stereocenters. The van der Waals surface area contributed by atoms with E-state index in [0.29, 0.717) is 19.5 Å². The Bertz CT molecular complexity index is 788. The molecular weight excluding hydrogens is 366 g/mol. The third kappa shape index (κ3) is 6.18. The summed E-state index contributed by atoms with van der Waals surface area (Å²) in [4.78, 5) is 26.1. The van der Waals surface area contributed by atoms with Gasteiger partial charge in [0.2, 0.25) is 21.8 Å². The van der Waals surface area contributed by atoms with Crippen molar-refractivity contribution >= 4 is 27.9 Å². The van der Waals surface area contributed by atoms with E-state index < -0.39 is 10.0 Å². The molecule has 1 fully saturated rings. The van der Waals surface area contributed by atoms with Crippen LogP contribution in [0, 0.1) is 0 Å². The zero-order valence-electron chi connectivity index (χ0n) is 15.8. The summed E-state index contributed by atoms with van der Waals surface area (Å²) in [5.41, 5.74) is 0.739. The van der Waals surface area contributed by atoms with E-state index in [-0.39, 0.29) is 22.8 Å². The number of piperidine rings is 1. The zero-order chi connectivity index (χ0) is 19.9. The summed E-state index contributed by atoms with van der Waals surface area (Å²) in [6.07, 6.45) is 6.19. The molecule has 1 aromatic carbocycles. The summed E-state index contributed by atoms with van der Waals surface area (Å²) in [5.74, 6) is -0.0830. The van der Waals surface area contributed by atoms with Crippen LogP contribution in [0.25, 0.3) is 6.08 Å². The van der Waals surface area contributed by atoms with Crippen molar-refractivity contribution in [3.05, 3.63) is 35.9 Å². The Kier molecular flexibility index (Phi) is 7.55. The highest BCUT2D eigenvalue weighted by Crippen LogP contribution is 2.13. The predicted octanol–water partition coefficient (Wildman–Crippen LogP) is 1.52. The van der Waals surface area contributed by atoms with Crippen LogP contribution < -0.4 is 10.0 Å². The molecule has 0 aromatic heterocycles. The van der Waals surface area contributed by atoms with Gasteiger partial charge in [0.15, 0.2) is 0 Å². The number of nitrogens with one attached hydrogen (secondary N) is 2. The van der Waals surface area contributed by atoms with Crippen molar-refractivity contribution in [3.8, 4) is 0 Å². The molecule has 2 amide bonds. The molecule has 148 valence electrons. The minimum atomic E-state index is -3.47. The molecular formula is C19H27N3O4S. The summed E-state index contributed by atoms with van der Waals surface area (Å²) >= 11 is 0. The lowest BCUT2D eigenvalue weighted by Gasteiger charge is -2.32. The van der Waals surface area contributed by atoms with Crippen molar-refractivity contribution in [2.75, 3.05) is 20.1 Å². The SMILES string of the molecule is CCCC(=O)NC1CCCN(C(=O)/C=C/c2ccc(S(=O)(=O)NC)cc2)C1. The molecule has 1 heterocycles. The second kappa shape index (κ2) is 9.66. The topological polar surface area (TPSA) is 95.6 Å². The van der Waals surface area contributed by atoms with E-state index in [0.717, 1.165) is 24.8 Å². The van der Waals surface area contributed by atoms with Crippen LogP contribution in [0.3, 0.4) is 0 Å². The molecule has 8 heteroatoms. The van der Waals surface area contributed by atoms with Crippen molar-refractivity contribution in [1.82, 2.24) is 14.9 Å². The van der Waals surface area contributed by atoms with Crippen LogP contribution in [0.1, 0.15) is 38.2 Å². The van der Waals surface area contributed by atoms with Crippen molar-refractivity contribution in [2.24, 2.45) is 0 Å². The van der Waals surface area contributed by atoms with Gasteiger partial charge in [0.05, 0.1) is 4.90 Å². The first-order valence-electron chi connectivity index (χ1n) is 9.15. The van der Waals surface area contributed by atoms with E-state index in [9.17, 15) is 18.0 Å². The van der Waals surface area contributed by atoms with E-state index in [2.05, 4.69) is 10.0 Å². The van der Waals surface area contributed by atoms with Crippen molar-refractivity contribution in [1.29, 1.82) is 0 Å². The van der Waals surface area contributed by atoms with E-state index in [1.165, 1.54) is 25.3 Å². The largest absolute Gasteiger partial charge is 0.352 e. The van der Waals surface area contributed by atoms with Crippen LogP contribution in [-0.4, -0.2) is 51.3 Å². The third-order valence-electron chi connectivity index (χ3n) is 4.45. The Labute approximate surface area is 160 Å². The molecule has 0 saturated carbocycles. The number of likely N-dealkylation sites (tertiary alicyclic amines) is 1. The number of carbonyl (C=O) groups excluding carboxylic acids is 2. The van der Waals surface area contributed by atoms with Gasteiger partial charge in [0.25, 0.3) is 0 Å². The van der Waals surface area contributed by atoms with Gasteiger partial charge >= 0.3 is 0 Å². The molecule has 1 aliphatic heterocycles. The molecule has 1 unspecified atom stereocenters. The average Bonchev–Trinajstić information content (AvgIpc) is 2.66.